The van der Waals surface area contributed by atoms with E-state index in [9.17, 15) is 32.5 Å². The lowest BCUT2D eigenvalue weighted by atomic mass is 10.1. The Hall–Kier alpha value is -3.71. The molecule has 14 heteroatoms. The van der Waals surface area contributed by atoms with Crippen molar-refractivity contribution in [2.24, 2.45) is 0 Å². The minimum atomic E-state index is -4.87. The molecule has 1 aromatic carbocycles. The van der Waals surface area contributed by atoms with Gasteiger partial charge in [-0.05, 0) is 37.5 Å². The van der Waals surface area contributed by atoms with Crippen molar-refractivity contribution in [3.63, 3.8) is 0 Å². The van der Waals surface area contributed by atoms with Crippen LogP contribution >= 0.6 is 0 Å². The first-order valence-electron chi connectivity index (χ1n) is 10.4. The van der Waals surface area contributed by atoms with Gasteiger partial charge >= 0.3 is 18.0 Å². The SMILES string of the molecule is CCOC(=O)N1CCC(Nc2ncnc(NCc3ccc(F)c(C(F)(F)F)c3)c2[N+](=O)[O-])CC1. The van der Waals surface area contributed by atoms with Gasteiger partial charge in [-0.15, -0.1) is 0 Å². The van der Waals surface area contributed by atoms with Crippen LogP contribution in [-0.4, -0.2) is 51.6 Å². The molecule has 2 N–H and O–H groups in total. The number of hydrogen-bond donors (Lipinski definition) is 2. The van der Waals surface area contributed by atoms with Crippen LogP contribution in [0.1, 0.15) is 30.9 Å². The number of amides is 1. The van der Waals surface area contributed by atoms with Crippen LogP contribution in [0.15, 0.2) is 24.5 Å². The van der Waals surface area contributed by atoms with Crippen LogP contribution in [0, 0.1) is 15.9 Å². The second kappa shape index (κ2) is 10.5. The lowest BCUT2D eigenvalue weighted by Crippen LogP contribution is -2.42. The number of nitrogens with one attached hydrogen (secondary N) is 2. The van der Waals surface area contributed by atoms with E-state index in [0.29, 0.717) is 38.1 Å². The van der Waals surface area contributed by atoms with E-state index in [1.165, 1.54) is 0 Å². The van der Waals surface area contributed by atoms with Crippen molar-refractivity contribution in [3.05, 3.63) is 51.6 Å². The van der Waals surface area contributed by atoms with Gasteiger partial charge in [0.15, 0.2) is 0 Å². The molecule has 34 heavy (non-hydrogen) atoms. The summed E-state index contributed by atoms with van der Waals surface area (Å²) in [6.07, 6.45) is -3.22. The number of ether oxygens (including phenoxy) is 1. The van der Waals surface area contributed by atoms with E-state index in [1.54, 1.807) is 11.8 Å². The van der Waals surface area contributed by atoms with E-state index in [2.05, 4.69) is 20.6 Å². The van der Waals surface area contributed by atoms with E-state index in [0.717, 1.165) is 12.4 Å². The minimum absolute atomic E-state index is 0.0579. The first-order chi connectivity index (χ1) is 16.1. The van der Waals surface area contributed by atoms with Gasteiger partial charge in [0.25, 0.3) is 0 Å². The van der Waals surface area contributed by atoms with E-state index in [1.807, 2.05) is 0 Å². The molecule has 0 spiro atoms. The number of anilines is 2. The van der Waals surface area contributed by atoms with Crippen LogP contribution in [0.4, 0.5) is 39.7 Å². The molecule has 2 heterocycles. The molecule has 1 aliphatic rings. The average Bonchev–Trinajstić information content (AvgIpc) is 2.78. The summed E-state index contributed by atoms with van der Waals surface area (Å²) in [5.41, 5.74) is -1.85. The maximum absolute atomic E-state index is 13.5. The minimum Gasteiger partial charge on any atom is -0.450 e. The number of hydrogen-bond acceptors (Lipinski definition) is 8. The Morgan fingerprint density at radius 2 is 1.94 bits per heavy atom. The summed E-state index contributed by atoms with van der Waals surface area (Å²) in [5.74, 6) is -1.68. The highest BCUT2D eigenvalue weighted by Crippen LogP contribution is 2.33. The van der Waals surface area contributed by atoms with E-state index < -0.39 is 34.3 Å². The first-order valence-corrected chi connectivity index (χ1v) is 10.4. The molecular weight excluding hydrogens is 464 g/mol. The Balaban J connectivity index is 1.71. The van der Waals surface area contributed by atoms with E-state index >= 15 is 0 Å². The maximum Gasteiger partial charge on any atom is 0.419 e. The fourth-order valence-corrected chi connectivity index (χ4v) is 3.49. The fourth-order valence-electron chi connectivity index (χ4n) is 3.49. The monoisotopic (exact) mass is 486 g/mol. The van der Waals surface area contributed by atoms with Gasteiger partial charge in [-0.1, -0.05) is 6.07 Å². The number of likely N-dealkylation sites (tertiary alicyclic amines) is 1. The summed E-state index contributed by atoms with van der Waals surface area (Å²) in [6, 6.07) is 2.25. The number of piperidine rings is 1. The molecule has 0 radical (unpaired) electrons. The number of benzene rings is 1. The second-order valence-electron chi connectivity index (χ2n) is 7.45. The summed E-state index contributed by atoms with van der Waals surface area (Å²) in [7, 11) is 0. The third-order valence-corrected chi connectivity index (χ3v) is 5.16. The van der Waals surface area contributed by atoms with Gasteiger partial charge in [0.05, 0.1) is 17.1 Å². The molecule has 0 atom stereocenters. The number of alkyl halides is 3. The van der Waals surface area contributed by atoms with Crippen LogP contribution in [0.25, 0.3) is 0 Å². The van der Waals surface area contributed by atoms with E-state index in [4.69, 9.17) is 4.74 Å². The third kappa shape index (κ3) is 5.99. The number of carbonyl (C=O) groups is 1. The van der Waals surface area contributed by atoms with Gasteiger partial charge in [-0.3, -0.25) is 10.1 Å². The number of halogens is 4. The zero-order valence-electron chi connectivity index (χ0n) is 18.1. The quantitative estimate of drug-likeness (QED) is 0.339. The van der Waals surface area contributed by atoms with Crippen molar-refractivity contribution < 1.29 is 32.0 Å². The first kappa shape index (κ1) is 24.9. The normalized spacial score (nSPS) is 14.6. The van der Waals surface area contributed by atoms with E-state index in [-0.39, 0.29) is 36.4 Å². The lowest BCUT2D eigenvalue weighted by Gasteiger charge is -2.31. The second-order valence-corrected chi connectivity index (χ2v) is 7.45. The number of nitrogens with zero attached hydrogens (tertiary/aromatic N) is 4. The van der Waals surface area contributed by atoms with Crippen LogP contribution in [0.3, 0.4) is 0 Å². The Morgan fingerprint density at radius 1 is 1.26 bits per heavy atom. The average molecular weight is 486 g/mol. The molecule has 0 aliphatic carbocycles. The van der Waals surface area contributed by atoms with Crippen LogP contribution < -0.4 is 10.6 Å². The molecule has 1 saturated heterocycles. The summed E-state index contributed by atoms with van der Waals surface area (Å²) < 4.78 is 57.3. The number of nitro groups is 1. The number of rotatable bonds is 7. The van der Waals surface area contributed by atoms with Gasteiger partial charge in [-0.25, -0.2) is 19.2 Å². The molecule has 1 amide bonds. The van der Waals surface area contributed by atoms with Crippen molar-refractivity contribution in [3.8, 4) is 0 Å². The predicted molar refractivity (Wildman–Crippen MR) is 113 cm³/mol. The van der Waals surface area contributed by atoms with Crippen molar-refractivity contribution in [2.75, 3.05) is 30.3 Å². The highest BCUT2D eigenvalue weighted by Gasteiger charge is 2.34. The zero-order chi connectivity index (χ0) is 24.9. The van der Waals surface area contributed by atoms with Crippen molar-refractivity contribution >= 4 is 23.4 Å². The van der Waals surface area contributed by atoms with Gasteiger partial charge < -0.3 is 20.3 Å². The molecule has 0 bridgehead atoms. The summed E-state index contributed by atoms with van der Waals surface area (Å²) >= 11 is 0. The highest BCUT2D eigenvalue weighted by atomic mass is 19.4. The fraction of sp³-hybridized carbons (Fsp3) is 0.450. The number of carbonyl (C=O) groups excluding carboxylic acids is 1. The predicted octanol–water partition coefficient (Wildman–Crippen LogP) is 4.19. The van der Waals surface area contributed by atoms with Gasteiger partial charge in [0, 0.05) is 25.7 Å². The molecule has 1 aliphatic heterocycles. The van der Waals surface area contributed by atoms with Crippen molar-refractivity contribution in [1.82, 2.24) is 14.9 Å². The summed E-state index contributed by atoms with van der Waals surface area (Å²) in [5, 5.41) is 17.3. The van der Waals surface area contributed by atoms with Crippen LogP contribution in [0.2, 0.25) is 0 Å². The molecule has 1 aromatic heterocycles. The van der Waals surface area contributed by atoms with Gasteiger partial charge in [-0.2, -0.15) is 13.2 Å². The Bertz CT molecular complexity index is 1040. The molecule has 1 fully saturated rings. The third-order valence-electron chi connectivity index (χ3n) is 5.16. The Kier molecular flexibility index (Phi) is 7.68. The van der Waals surface area contributed by atoms with Crippen molar-refractivity contribution in [1.29, 1.82) is 0 Å². The molecule has 0 saturated carbocycles. The molecule has 10 nitrogen and oxygen atoms in total. The summed E-state index contributed by atoms with van der Waals surface area (Å²) in [4.78, 5) is 32.2. The maximum atomic E-state index is 13.5. The van der Waals surface area contributed by atoms with Crippen LogP contribution in [-0.2, 0) is 17.5 Å². The molecule has 3 rings (SSSR count). The Morgan fingerprint density at radius 3 is 2.56 bits per heavy atom. The molecule has 0 unspecified atom stereocenters. The number of aromatic nitrogens is 2. The van der Waals surface area contributed by atoms with Crippen LogP contribution in [0.5, 0.6) is 0 Å². The largest absolute Gasteiger partial charge is 0.450 e. The summed E-state index contributed by atoms with van der Waals surface area (Å²) in [6.45, 7) is 2.49. The highest BCUT2D eigenvalue weighted by molar-refractivity contribution is 5.70. The smallest absolute Gasteiger partial charge is 0.419 e. The van der Waals surface area contributed by atoms with Gasteiger partial charge in [0.1, 0.15) is 12.1 Å². The molecule has 184 valence electrons. The van der Waals surface area contributed by atoms with Crippen molar-refractivity contribution in [2.45, 2.75) is 38.5 Å². The Labute approximate surface area is 191 Å². The standard InChI is InChI=1S/C20H22F4N6O4/c1-2-34-19(31)29-7-5-13(6-8-29)28-18-16(30(32)33)17(26-11-27-18)25-10-12-3-4-15(21)14(9-12)20(22,23)24/h3-4,9,11,13H,2,5-8,10H2,1H3,(H2,25,26,27,28). The molecule has 2 aromatic rings. The molecular formula is C20H22F4N6O4. The zero-order valence-corrected chi connectivity index (χ0v) is 18.1. The van der Waals surface area contributed by atoms with Gasteiger partial charge in [0.2, 0.25) is 11.6 Å². The topological polar surface area (TPSA) is 123 Å². The lowest BCUT2D eigenvalue weighted by molar-refractivity contribution is -0.383.